The molecule has 0 amide bonds. The zero-order chi connectivity index (χ0) is 14.8. The molecule has 3 heteroatoms. The summed E-state index contributed by atoms with van der Waals surface area (Å²) in [6.07, 6.45) is 4.98. The number of hydrogen-bond acceptors (Lipinski definition) is 2. The Hall–Kier alpha value is -0.830. The lowest BCUT2D eigenvalue weighted by molar-refractivity contribution is 0.101. The topological polar surface area (TPSA) is 20.3 Å². The summed E-state index contributed by atoms with van der Waals surface area (Å²) in [5.41, 5.74) is 2.45. The lowest BCUT2D eigenvalue weighted by Gasteiger charge is -2.42. The third-order valence-electron chi connectivity index (χ3n) is 5.00. The average Bonchev–Trinajstić information content (AvgIpc) is 2.47. The third kappa shape index (κ3) is 3.08. The molecule has 0 saturated carbocycles. The molecule has 0 aromatic heterocycles. The summed E-state index contributed by atoms with van der Waals surface area (Å²) < 4.78 is 0.972. The second-order valence-corrected chi connectivity index (χ2v) is 6.83. The molecule has 1 aliphatic heterocycles. The van der Waals surface area contributed by atoms with E-state index in [0.29, 0.717) is 5.41 Å². The van der Waals surface area contributed by atoms with Crippen molar-refractivity contribution < 1.29 is 4.79 Å². The van der Waals surface area contributed by atoms with Crippen LogP contribution in [0.3, 0.4) is 0 Å². The summed E-state index contributed by atoms with van der Waals surface area (Å²) in [6.45, 7) is 8.38. The second-order valence-electron chi connectivity index (χ2n) is 5.91. The predicted octanol–water partition coefficient (Wildman–Crippen LogP) is 5.06. The van der Waals surface area contributed by atoms with Crippen LogP contribution in [0, 0.1) is 5.41 Å². The van der Waals surface area contributed by atoms with Crippen LogP contribution in [0.25, 0.3) is 0 Å². The molecule has 0 unspecified atom stereocenters. The predicted molar refractivity (Wildman–Crippen MR) is 88.6 cm³/mol. The molecular formula is C17H24BrNO. The van der Waals surface area contributed by atoms with Gasteiger partial charge in [-0.15, -0.1) is 0 Å². The molecule has 0 N–H and O–H groups in total. The van der Waals surface area contributed by atoms with E-state index in [2.05, 4.69) is 40.7 Å². The van der Waals surface area contributed by atoms with Gasteiger partial charge in [0.15, 0.2) is 5.78 Å². The van der Waals surface area contributed by atoms with Crippen molar-refractivity contribution in [1.82, 2.24) is 0 Å². The van der Waals surface area contributed by atoms with E-state index in [1.165, 1.54) is 25.7 Å². The molecule has 1 fully saturated rings. The Morgan fingerprint density at radius 1 is 1.25 bits per heavy atom. The molecule has 0 spiro atoms. The van der Waals surface area contributed by atoms with Gasteiger partial charge in [-0.05, 0) is 43.4 Å². The zero-order valence-electron chi connectivity index (χ0n) is 12.7. The van der Waals surface area contributed by atoms with E-state index < -0.39 is 0 Å². The molecule has 1 heterocycles. The number of rotatable bonds is 4. The van der Waals surface area contributed by atoms with Gasteiger partial charge in [0.2, 0.25) is 0 Å². The van der Waals surface area contributed by atoms with Gasteiger partial charge in [0.05, 0.1) is 0 Å². The molecule has 20 heavy (non-hydrogen) atoms. The number of nitrogens with zero attached hydrogens (tertiary/aromatic N) is 1. The Morgan fingerprint density at radius 2 is 1.85 bits per heavy atom. The summed E-state index contributed by atoms with van der Waals surface area (Å²) in [5.74, 6) is 0.143. The van der Waals surface area contributed by atoms with Gasteiger partial charge in [-0.3, -0.25) is 4.79 Å². The Bertz CT molecular complexity index is 484. The van der Waals surface area contributed by atoms with Gasteiger partial charge >= 0.3 is 0 Å². The van der Waals surface area contributed by atoms with Gasteiger partial charge in [0.1, 0.15) is 0 Å². The highest BCUT2D eigenvalue weighted by atomic mass is 79.9. The first-order valence-electron chi connectivity index (χ1n) is 7.57. The van der Waals surface area contributed by atoms with Crippen molar-refractivity contribution in [1.29, 1.82) is 0 Å². The van der Waals surface area contributed by atoms with Crippen molar-refractivity contribution >= 4 is 27.4 Å². The standard InChI is InChI=1S/C17H24BrNO/c1-4-17(5-2)8-10-19(11-9-17)16-7-6-14(18)12-15(16)13(3)20/h6-7,12H,4-5,8-11H2,1-3H3. The number of anilines is 1. The van der Waals surface area contributed by atoms with Gasteiger partial charge in [-0.1, -0.05) is 42.6 Å². The van der Waals surface area contributed by atoms with Gasteiger partial charge in [0.25, 0.3) is 0 Å². The summed E-state index contributed by atoms with van der Waals surface area (Å²) in [6, 6.07) is 6.05. The van der Waals surface area contributed by atoms with Crippen LogP contribution in [0.15, 0.2) is 22.7 Å². The summed E-state index contributed by atoms with van der Waals surface area (Å²) >= 11 is 3.46. The number of carbonyl (C=O) groups is 1. The van der Waals surface area contributed by atoms with Crippen LogP contribution in [0.1, 0.15) is 56.8 Å². The van der Waals surface area contributed by atoms with Crippen LogP contribution in [0.2, 0.25) is 0 Å². The SMILES string of the molecule is CCC1(CC)CCN(c2ccc(Br)cc2C(C)=O)CC1. The minimum absolute atomic E-state index is 0.143. The van der Waals surface area contributed by atoms with Crippen LogP contribution < -0.4 is 4.90 Å². The molecule has 0 atom stereocenters. The Labute approximate surface area is 130 Å². The zero-order valence-corrected chi connectivity index (χ0v) is 14.3. The summed E-state index contributed by atoms with van der Waals surface area (Å²) in [7, 11) is 0. The number of piperidine rings is 1. The number of hydrogen-bond donors (Lipinski definition) is 0. The molecular weight excluding hydrogens is 314 g/mol. The third-order valence-corrected chi connectivity index (χ3v) is 5.50. The highest BCUT2D eigenvalue weighted by Crippen LogP contribution is 2.40. The Balaban J connectivity index is 2.21. The average molecular weight is 338 g/mol. The second kappa shape index (κ2) is 6.30. The first kappa shape index (κ1) is 15.6. The van der Waals surface area contributed by atoms with Crippen molar-refractivity contribution in [2.75, 3.05) is 18.0 Å². The summed E-state index contributed by atoms with van der Waals surface area (Å²) in [5, 5.41) is 0. The van der Waals surface area contributed by atoms with Crippen molar-refractivity contribution in [3.05, 3.63) is 28.2 Å². The number of halogens is 1. The van der Waals surface area contributed by atoms with Crippen LogP contribution in [-0.2, 0) is 0 Å². The van der Waals surface area contributed by atoms with Crippen molar-refractivity contribution in [2.24, 2.45) is 5.41 Å². The van der Waals surface area contributed by atoms with Gasteiger partial charge in [-0.25, -0.2) is 0 Å². The fourth-order valence-corrected chi connectivity index (χ4v) is 3.61. The first-order valence-corrected chi connectivity index (χ1v) is 8.36. The Kier molecular flexibility index (Phi) is 4.90. The molecule has 1 aliphatic rings. The lowest BCUT2D eigenvalue weighted by atomic mass is 9.74. The largest absolute Gasteiger partial charge is 0.371 e. The highest BCUT2D eigenvalue weighted by Gasteiger charge is 2.32. The Morgan fingerprint density at radius 3 is 2.35 bits per heavy atom. The van der Waals surface area contributed by atoms with E-state index >= 15 is 0 Å². The van der Waals surface area contributed by atoms with E-state index in [-0.39, 0.29) is 5.78 Å². The van der Waals surface area contributed by atoms with E-state index in [1.54, 1.807) is 6.92 Å². The van der Waals surface area contributed by atoms with Gasteiger partial charge in [-0.2, -0.15) is 0 Å². The van der Waals surface area contributed by atoms with Crippen LogP contribution in [0.5, 0.6) is 0 Å². The molecule has 0 aliphatic carbocycles. The fourth-order valence-electron chi connectivity index (χ4n) is 3.25. The van der Waals surface area contributed by atoms with Crippen LogP contribution in [0.4, 0.5) is 5.69 Å². The minimum atomic E-state index is 0.143. The first-order chi connectivity index (χ1) is 9.51. The molecule has 1 aromatic rings. The molecule has 1 aromatic carbocycles. The number of carbonyl (C=O) groups excluding carboxylic acids is 1. The molecule has 2 nitrogen and oxygen atoms in total. The number of ketones is 1. The van der Waals surface area contributed by atoms with E-state index in [9.17, 15) is 4.79 Å². The maximum Gasteiger partial charge on any atom is 0.161 e. The number of Topliss-reactive ketones (excluding diaryl/α,β-unsaturated/α-hetero) is 1. The van der Waals surface area contributed by atoms with E-state index in [0.717, 1.165) is 28.8 Å². The molecule has 0 radical (unpaired) electrons. The van der Waals surface area contributed by atoms with Crippen LogP contribution >= 0.6 is 15.9 Å². The van der Waals surface area contributed by atoms with Crippen molar-refractivity contribution in [3.63, 3.8) is 0 Å². The molecule has 0 bridgehead atoms. The molecule has 1 saturated heterocycles. The van der Waals surface area contributed by atoms with Gasteiger partial charge < -0.3 is 4.90 Å². The van der Waals surface area contributed by atoms with Crippen molar-refractivity contribution in [2.45, 2.75) is 46.5 Å². The maximum absolute atomic E-state index is 11.9. The fraction of sp³-hybridized carbons (Fsp3) is 0.588. The highest BCUT2D eigenvalue weighted by molar-refractivity contribution is 9.10. The lowest BCUT2D eigenvalue weighted by Crippen LogP contribution is -2.40. The smallest absolute Gasteiger partial charge is 0.161 e. The minimum Gasteiger partial charge on any atom is -0.371 e. The normalized spacial score (nSPS) is 18.1. The van der Waals surface area contributed by atoms with E-state index in [1.807, 2.05) is 12.1 Å². The maximum atomic E-state index is 11.9. The quantitative estimate of drug-likeness (QED) is 0.716. The van der Waals surface area contributed by atoms with Gasteiger partial charge in [0, 0.05) is 28.8 Å². The monoisotopic (exact) mass is 337 g/mol. The summed E-state index contributed by atoms with van der Waals surface area (Å²) in [4.78, 5) is 14.2. The van der Waals surface area contributed by atoms with Crippen LogP contribution in [-0.4, -0.2) is 18.9 Å². The molecule has 2 rings (SSSR count). The molecule has 110 valence electrons. The van der Waals surface area contributed by atoms with Crippen molar-refractivity contribution in [3.8, 4) is 0 Å². The van der Waals surface area contributed by atoms with E-state index in [4.69, 9.17) is 0 Å². The number of benzene rings is 1.